The van der Waals surface area contributed by atoms with E-state index in [-0.39, 0.29) is 6.04 Å². The third-order valence-electron chi connectivity index (χ3n) is 2.25. The average Bonchev–Trinajstić information content (AvgIpc) is 2.27. The number of benzene rings is 1. The SMILES string of the molecule is C=CCC(/C=C/c1cccc(C)c1)NOC. The Morgan fingerprint density at radius 1 is 1.50 bits per heavy atom. The Morgan fingerprint density at radius 2 is 2.31 bits per heavy atom. The highest BCUT2D eigenvalue weighted by Gasteiger charge is 1.99. The first-order valence-electron chi connectivity index (χ1n) is 5.40. The van der Waals surface area contributed by atoms with Crippen molar-refractivity contribution in [2.45, 2.75) is 19.4 Å². The van der Waals surface area contributed by atoms with Crippen molar-refractivity contribution in [3.8, 4) is 0 Å². The van der Waals surface area contributed by atoms with Gasteiger partial charge in [0, 0.05) is 0 Å². The highest BCUT2D eigenvalue weighted by molar-refractivity contribution is 5.50. The maximum absolute atomic E-state index is 4.92. The summed E-state index contributed by atoms with van der Waals surface area (Å²) in [5.41, 5.74) is 5.38. The van der Waals surface area contributed by atoms with Crippen LogP contribution in [0.25, 0.3) is 6.08 Å². The number of hydrogen-bond acceptors (Lipinski definition) is 2. The summed E-state index contributed by atoms with van der Waals surface area (Å²) in [6.07, 6.45) is 6.89. The fourth-order valence-electron chi connectivity index (χ4n) is 1.50. The highest BCUT2D eigenvalue weighted by atomic mass is 16.6. The molecule has 1 unspecified atom stereocenters. The van der Waals surface area contributed by atoms with Gasteiger partial charge in [0.25, 0.3) is 0 Å². The van der Waals surface area contributed by atoms with Gasteiger partial charge in [-0.25, -0.2) is 0 Å². The van der Waals surface area contributed by atoms with Gasteiger partial charge in [-0.2, -0.15) is 5.48 Å². The molecule has 0 aromatic heterocycles. The maximum Gasteiger partial charge on any atom is 0.0572 e. The lowest BCUT2D eigenvalue weighted by atomic mass is 10.1. The summed E-state index contributed by atoms with van der Waals surface area (Å²) in [5, 5.41) is 0. The Labute approximate surface area is 97.6 Å². The smallest absolute Gasteiger partial charge is 0.0572 e. The van der Waals surface area contributed by atoms with Crippen LogP contribution in [-0.4, -0.2) is 13.2 Å². The molecule has 1 atom stereocenters. The van der Waals surface area contributed by atoms with E-state index in [4.69, 9.17) is 4.84 Å². The van der Waals surface area contributed by atoms with Gasteiger partial charge in [-0.1, -0.05) is 48.1 Å². The number of rotatable bonds is 6. The van der Waals surface area contributed by atoms with E-state index in [1.54, 1.807) is 7.11 Å². The average molecular weight is 217 g/mol. The third-order valence-corrected chi connectivity index (χ3v) is 2.25. The molecule has 1 aromatic carbocycles. The Kier molecular flexibility index (Phi) is 5.54. The zero-order valence-corrected chi connectivity index (χ0v) is 9.94. The summed E-state index contributed by atoms with van der Waals surface area (Å²) in [6.45, 7) is 5.81. The Morgan fingerprint density at radius 3 is 2.94 bits per heavy atom. The zero-order valence-electron chi connectivity index (χ0n) is 9.94. The molecule has 86 valence electrons. The van der Waals surface area contributed by atoms with Crippen LogP contribution >= 0.6 is 0 Å². The molecule has 0 fully saturated rings. The summed E-state index contributed by atoms with van der Waals surface area (Å²) in [4.78, 5) is 4.92. The number of nitrogens with one attached hydrogen (secondary N) is 1. The summed E-state index contributed by atoms with van der Waals surface area (Å²) < 4.78 is 0. The first-order valence-corrected chi connectivity index (χ1v) is 5.40. The summed E-state index contributed by atoms with van der Waals surface area (Å²) in [6, 6.07) is 8.55. The van der Waals surface area contributed by atoms with Crippen LogP contribution in [0.15, 0.2) is 43.0 Å². The van der Waals surface area contributed by atoms with Crippen molar-refractivity contribution in [2.24, 2.45) is 0 Å². The lowest BCUT2D eigenvalue weighted by Crippen LogP contribution is -2.25. The molecule has 0 spiro atoms. The monoisotopic (exact) mass is 217 g/mol. The molecule has 0 saturated carbocycles. The fourth-order valence-corrected chi connectivity index (χ4v) is 1.50. The molecule has 0 bridgehead atoms. The standard InChI is InChI=1S/C14H19NO/c1-4-6-14(15-16-3)10-9-13-8-5-7-12(2)11-13/h4-5,7-11,14-15H,1,6H2,2-3H3/b10-9+. The van der Waals surface area contributed by atoms with Gasteiger partial charge < -0.3 is 4.84 Å². The summed E-state index contributed by atoms with van der Waals surface area (Å²) in [7, 11) is 1.62. The molecule has 1 rings (SSSR count). The van der Waals surface area contributed by atoms with Crippen molar-refractivity contribution >= 4 is 6.08 Å². The van der Waals surface area contributed by atoms with E-state index in [2.05, 4.69) is 55.4 Å². The first-order chi connectivity index (χ1) is 7.76. The van der Waals surface area contributed by atoms with E-state index < -0.39 is 0 Å². The Balaban J connectivity index is 2.65. The van der Waals surface area contributed by atoms with Gasteiger partial charge in [-0.05, 0) is 18.9 Å². The van der Waals surface area contributed by atoms with Gasteiger partial charge in [0.05, 0.1) is 13.2 Å². The largest absolute Gasteiger partial charge is 0.305 e. The van der Waals surface area contributed by atoms with Gasteiger partial charge in [0.2, 0.25) is 0 Å². The molecule has 2 heteroatoms. The van der Waals surface area contributed by atoms with Gasteiger partial charge >= 0.3 is 0 Å². The van der Waals surface area contributed by atoms with Crippen molar-refractivity contribution in [1.82, 2.24) is 5.48 Å². The lowest BCUT2D eigenvalue weighted by Gasteiger charge is -2.10. The van der Waals surface area contributed by atoms with Gasteiger partial charge in [0.1, 0.15) is 0 Å². The third kappa shape index (κ3) is 4.43. The second-order valence-electron chi connectivity index (χ2n) is 3.73. The van der Waals surface area contributed by atoms with Gasteiger partial charge in [0.15, 0.2) is 0 Å². The topological polar surface area (TPSA) is 21.3 Å². The molecule has 0 saturated heterocycles. The molecule has 1 N–H and O–H groups in total. The first kappa shape index (κ1) is 12.7. The van der Waals surface area contributed by atoms with Crippen LogP contribution in [0.3, 0.4) is 0 Å². The van der Waals surface area contributed by atoms with E-state index in [9.17, 15) is 0 Å². The van der Waals surface area contributed by atoms with Crippen molar-refractivity contribution in [3.63, 3.8) is 0 Å². The molecule has 0 radical (unpaired) electrons. The van der Waals surface area contributed by atoms with E-state index in [0.29, 0.717) is 0 Å². The molecule has 1 aromatic rings. The quantitative estimate of drug-likeness (QED) is 0.584. The lowest BCUT2D eigenvalue weighted by molar-refractivity contribution is 0.0746. The fraction of sp³-hybridized carbons (Fsp3) is 0.286. The second kappa shape index (κ2) is 6.99. The van der Waals surface area contributed by atoms with E-state index in [1.807, 2.05) is 6.08 Å². The van der Waals surface area contributed by atoms with Crippen molar-refractivity contribution < 1.29 is 4.84 Å². The van der Waals surface area contributed by atoms with Crippen molar-refractivity contribution in [2.75, 3.05) is 7.11 Å². The van der Waals surface area contributed by atoms with Crippen LogP contribution in [0.4, 0.5) is 0 Å². The predicted molar refractivity (Wildman–Crippen MR) is 69.0 cm³/mol. The molecule has 0 heterocycles. The molecule has 16 heavy (non-hydrogen) atoms. The number of aryl methyl sites for hydroxylation is 1. The van der Waals surface area contributed by atoms with Gasteiger partial charge in [-0.15, -0.1) is 6.58 Å². The molecule has 0 amide bonds. The molecule has 0 aliphatic carbocycles. The molecule has 0 aliphatic heterocycles. The van der Waals surface area contributed by atoms with E-state index in [0.717, 1.165) is 6.42 Å². The number of hydroxylamine groups is 1. The van der Waals surface area contributed by atoms with E-state index in [1.165, 1.54) is 11.1 Å². The van der Waals surface area contributed by atoms with Crippen LogP contribution < -0.4 is 5.48 Å². The van der Waals surface area contributed by atoms with Crippen LogP contribution in [0.1, 0.15) is 17.5 Å². The molecular formula is C14H19NO. The minimum atomic E-state index is 0.169. The van der Waals surface area contributed by atoms with Crippen LogP contribution in [0, 0.1) is 6.92 Å². The second-order valence-corrected chi connectivity index (χ2v) is 3.73. The van der Waals surface area contributed by atoms with Crippen LogP contribution in [0.2, 0.25) is 0 Å². The normalized spacial score (nSPS) is 12.9. The number of hydrogen-bond donors (Lipinski definition) is 1. The molecule has 2 nitrogen and oxygen atoms in total. The minimum Gasteiger partial charge on any atom is -0.305 e. The zero-order chi connectivity index (χ0) is 11.8. The van der Waals surface area contributed by atoms with Crippen LogP contribution in [-0.2, 0) is 4.84 Å². The maximum atomic E-state index is 4.92. The predicted octanol–water partition coefficient (Wildman–Crippen LogP) is 3.10. The summed E-state index contributed by atoms with van der Waals surface area (Å²) >= 11 is 0. The molecular weight excluding hydrogens is 198 g/mol. The Bertz CT molecular complexity index is 358. The van der Waals surface area contributed by atoms with Crippen molar-refractivity contribution in [1.29, 1.82) is 0 Å². The van der Waals surface area contributed by atoms with E-state index >= 15 is 0 Å². The van der Waals surface area contributed by atoms with Crippen molar-refractivity contribution in [3.05, 3.63) is 54.1 Å². The minimum absolute atomic E-state index is 0.169. The summed E-state index contributed by atoms with van der Waals surface area (Å²) in [5.74, 6) is 0. The Hall–Kier alpha value is -1.38. The van der Waals surface area contributed by atoms with Crippen LogP contribution in [0.5, 0.6) is 0 Å². The molecule has 0 aliphatic rings. The highest BCUT2D eigenvalue weighted by Crippen LogP contribution is 2.07. The van der Waals surface area contributed by atoms with Gasteiger partial charge in [-0.3, -0.25) is 0 Å².